The second-order valence-corrected chi connectivity index (χ2v) is 15.6. The summed E-state index contributed by atoms with van der Waals surface area (Å²) in [5.41, 5.74) is 5.33. The van der Waals surface area contributed by atoms with Crippen molar-refractivity contribution in [2.75, 3.05) is 26.4 Å². The van der Waals surface area contributed by atoms with E-state index in [2.05, 4.69) is 27.7 Å². The van der Waals surface area contributed by atoms with Crippen LogP contribution in [0.4, 0.5) is 0 Å². The molecule has 0 amide bonds. The summed E-state index contributed by atoms with van der Waals surface area (Å²) in [7, 11) is -4.36. The zero-order chi connectivity index (χ0) is 35.0. The lowest BCUT2D eigenvalue weighted by Crippen LogP contribution is -2.29. The van der Waals surface area contributed by atoms with Crippen molar-refractivity contribution >= 4 is 19.8 Å². The number of esters is 2. The minimum Gasteiger partial charge on any atom is -0.462 e. The Labute approximate surface area is 288 Å². The van der Waals surface area contributed by atoms with Gasteiger partial charge in [-0.05, 0) is 24.7 Å². The predicted molar refractivity (Wildman–Crippen MR) is 192 cm³/mol. The second kappa shape index (κ2) is 32.2. The summed E-state index contributed by atoms with van der Waals surface area (Å²) < 4.78 is 32.6. The Balaban J connectivity index is 4.19. The van der Waals surface area contributed by atoms with Gasteiger partial charge in [-0.3, -0.25) is 18.6 Å². The van der Waals surface area contributed by atoms with Gasteiger partial charge in [0.05, 0.1) is 13.2 Å². The first-order valence-electron chi connectivity index (χ1n) is 19.2. The monoisotopic (exact) mass is 692 g/mol. The molecule has 0 aromatic rings. The minimum atomic E-state index is -4.36. The Hall–Kier alpha value is -0.990. The largest absolute Gasteiger partial charge is 0.472 e. The van der Waals surface area contributed by atoms with Crippen LogP contribution < -0.4 is 5.73 Å². The lowest BCUT2D eigenvalue weighted by molar-refractivity contribution is -0.161. The van der Waals surface area contributed by atoms with Gasteiger partial charge in [0.15, 0.2) is 6.10 Å². The summed E-state index contributed by atoms with van der Waals surface area (Å²) in [5.74, 6) is 0.776. The molecule has 0 aliphatic carbocycles. The number of ether oxygens (including phenoxy) is 2. The summed E-state index contributed by atoms with van der Waals surface area (Å²) in [5, 5.41) is 0. The van der Waals surface area contributed by atoms with Crippen molar-refractivity contribution in [3.8, 4) is 0 Å². The average molecular weight is 692 g/mol. The molecule has 10 heteroatoms. The van der Waals surface area contributed by atoms with E-state index in [4.69, 9.17) is 24.3 Å². The fourth-order valence-corrected chi connectivity index (χ4v) is 6.24. The minimum absolute atomic E-state index is 0.0565. The molecular formula is C37H74NO8P. The Morgan fingerprint density at radius 1 is 0.574 bits per heavy atom. The Morgan fingerprint density at radius 3 is 1.36 bits per heavy atom. The van der Waals surface area contributed by atoms with Gasteiger partial charge in [0.2, 0.25) is 0 Å². The molecule has 2 atom stereocenters. The molecule has 0 aromatic carbocycles. The van der Waals surface area contributed by atoms with E-state index in [1.165, 1.54) is 103 Å². The maximum Gasteiger partial charge on any atom is 0.472 e. The lowest BCUT2D eigenvalue weighted by atomic mass is 10.0. The van der Waals surface area contributed by atoms with Crippen molar-refractivity contribution in [2.24, 2.45) is 17.6 Å². The third-order valence-corrected chi connectivity index (χ3v) is 9.33. The summed E-state index contributed by atoms with van der Waals surface area (Å²) >= 11 is 0. The molecule has 9 nitrogen and oxygen atoms in total. The summed E-state index contributed by atoms with van der Waals surface area (Å²) in [6.07, 6.45) is 25.7. The van der Waals surface area contributed by atoms with Crippen molar-refractivity contribution in [1.82, 2.24) is 0 Å². The third kappa shape index (κ3) is 34.7. The Bertz CT molecular complexity index is 779. The second-order valence-electron chi connectivity index (χ2n) is 14.1. The summed E-state index contributed by atoms with van der Waals surface area (Å²) in [6.45, 7) is 8.36. The standard InChI is InChI=1S/C37H74NO8P/c1-33(2)25-21-17-13-9-6-5-7-11-15-19-23-27-36(39)43-31-35(32-45-47(41,42)44-30-29-38)46-37(40)28-24-20-16-12-8-10-14-18-22-26-34(3)4/h33-35H,5-32,38H2,1-4H3,(H,41,42)/t35-/m1/s1. The van der Waals surface area contributed by atoms with E-state index in [0.29, 0.717) is 6.42 Å². The Morgan fingerprint density at radius 2 is 0.957 bits per heavy atom. The van der Waals surface area contributed by atoms with Crippen molar-refractivity contribution in [3.05, 3.63) is 0 Å². The lowest BCUT2D eigenvalue weighted by Gasteiger charge is -2.19. The molecule has 3 N–H and O–H groups in total. The van der Waals surface area contributed by atoms with Crippen LogP contribution in [-0.2, 0) is 32.7 Å². The number of hydrogen-bond acceptors (Lipinski definition) is 8. The van der Waals surface area contributed by atoms with Crippen LogP contribution in [0.25, 0.3) is 0 Å². The highest BCUT2D eigenvalue weighted by molar-refractivity contribution is 7.47. The van der Waals surface area contributed by atoms with Crippen LogP contribution in [0, 0.1) is 11.8 Å². The molecule has 0 fully saturated rings. The van der Waals surface area contributed by atoms with Gasteiger partial charge in [-0.25, -0.2) is 4.57 Å². The van der Waals surface area contributed by atoms with Crippen LogP contribution in [0.3, 0.4) is 0 Å². The molecule has 0 aliphatic rings. The van der Waals surface area contributed by atoms with Crippen LogP contribution in [0.15, 0.2) is 0 Å². The number of carbonyl (C=O) groups excluding carboxylic acids is 2. The molecule has 0 saturated heterocycles. The molecule has 1 unspecified atom stereocenters. The van der Waals surface area contributed by atoms with Gasteiger partial charge in [0.25, 0.3) is 0 Å². The summed E-state index contributed by atoms with van der Waals surface area (Å²) in [6, 6.07) is 0. The molecule has 0 spiro atoms. The predicted octanol–water partition coefficient (Wildman–Crippen LogP) is 10.2. The first-order chi connectivity index (χ1) is 22.6. The molecule has 47 heavy (non-hydrogen) atoms. The van der Waals surface area contributed by atoms with E-state index in [1.807, 2.05) is 0 Å². The van der Waals surface area contributed by atoms with Crippen molar-refractivity contribution in [2.45, 2.75) is 188 Å². The highest BCUT2D eigenvalue weighted by atomic mass is 31.2. The molecule has 0 saturated carbocycles. The molecule has 280 valence electrons. The maximum atomic E-state index is 12.5. The summed E-state index contributed by atoms with van der Waals surface area (Å²) in [4.78, 5) is 34.7. The highest BCUT2D eigenvalue weighted by Crippen LogP contribution is 2.43. The van der Waals surface area contributed by atoms with Gasteiger partial charge in [-0.1, -0.05) is 156 Å². The van der Waals surface area contributed by atoms with E-state index in [1.54, 1.807) is 0 Å². The van der Waals surface area contributed by atoms with E-state index in [0.717, 1.165) is 43.9 Å². The average Bonchev–Trinajstić information content (AvgIpc) is 3.02. The van der Waals surface area contributed by atoms with Crippen LogP contribution in [0.5, 0.6) is 0 Å². The van der Waals surface area contributed by atoms with E-state index >= 15 is 0 Å². The van der Waals surface area contributed by atoms with Gasteiger partial charge in [-0.2, -0.15) is 0 Å². The number of rotatable bonds is 35. The van der Waals surface area contributed by atoms with Crippen LogP contribution in [0.2, 0.25) is 0 Å². The number of phosphoric acid groups is 1. The molecule has 0 heterocycles. The molecule has 0 bridgehead atoms. The van der Waals surface area contributed by atoms with Gasteiger partial charge >= 0.3 is 19.8 Å². The fourth-order valence-electron chi connectivity index (χ4n) is 5.47. The zero-order valence-corrected chi connectivity index (χ0v) is 31.8. The number of hydrogen-bond donors (Lipinski definition) is 2. The van der Waals surface area contributed by atoms with Gasteiger partial charge in [-0.15, -0.1) is 0 Å². The SMILES string of the molecule is CC(C)CCCCCCCCCCCCCC(=O)OC[C@H](COP(=O)(O)OCCN)OC(=O)CCCCCCCCCCCC(C)C. The van der Waals surface area contributed by atoms with Crippen molar-refractivity contribution in [3.63, 3.8) is 0 Å². The smallest absolute Gasteiger partial charge is 0.462 e. The van der Waals surface area contributed by atoms with Crippen molar-refractivity contribution < 1.29 is 37.6 Å². The van der Waals surface area contributed by atoms with E-state index < -0.39 is 26.5 Å². The van der Waals surface area contributed by atoms with E-state index in [9.17, 15) is 19.0 Å². The number of nitrogens with two attached hydrogens (primary N) is 1. The topological polar surface area (TPSA) is 134 Å². The normalized spacial score (nSPS) is 13.6. The number of phosphoric ester groups is 1. The zero-order valence-electron chi connectivity index (χ0n) is 30.9. The van der Waals surface area contributed by atoms with Crippen LogP contribution in [0.1, 0.15) is 182 Å². The molecule has 0 aromatic heterocycles. The highest BCUT2D eigenvalue weighted by Gasteiger charge is 2.26. The first-order valence-corrected chi connectivity index (χ1v) is 20.7. The fraction of sp³-hybridized carbons (Fsp3) is 0.946. The van der Waals surface area contributed by atoms with Gasteiger partial charge < -0.3 is 20.1 Å². The van der Waals surface area contributed by atoms with Gasteiger partial charge in [0, 0.05) is 19.4 Å². The number of unbranched alkanes of at least 4 members (excludes halogenated alkanes) is 18. The molecule has 0 rings (SSSR count). The maximum absolute atomic E-state index is 12.5. The van der Waals surface area contributed by atoms with E-state index in [-0.39, 0.29) is 38.6 Å². The molecule has 0 aliphatic heterocycles. The van der Waals surface area contributed by atoms with Crippen molar-refractivity contribution in [1.29, 1.82) is 0 Å². The quantitative estimate of drug-likeness (QED) is 0.0378. The third-order valence-electron chi connectivity index (χ3n) is 8.35. The Kier molecular flexibility index (Phi) is 31.5. The molecular weight excluding hydrogens is 617 g/mol. The number of carbonyl (C=O) groups is 2. The van der Waals surface area contributed by atoms with Crippen LogP contribution in [-0.4, -0.2) is 49.3 Å². The van der Waals surface area contributed by atoms with Gasteiger partial charge in [0.1, 0.15) is 6.61 Å². The first kappa shape index (κ1) is 46.0. The molecule has 0 radical (unpaired) electrons. The van der Waals surface area contributed by atoms with Crippen LogP contribution >= 0.6 is 7.82 Å².